The highest BCUT2D eigenvalue weighted by Crippen LogP contribution is 2.27. The average molecular weight is 392 g/mol. The second kappa shape index (κ2) is 7.95. The van der Waals surface area contributed by atoms with Crippen LogP contribution in [-0.4, -0.2) is 34.5 Å². The summed E-state index contributed by atoms with van der Waals surface area (Å²) in [4.78, 5) is 31.3. The molecule has 0 bridgehead atoms. The van der Waals surface area contributed by atoms with Gasteiger partial charge in [-0.15, -0.1) is 0 Å². The first-order chi connectivity index (χ1) is 14.1. The summed E-state index contributed by atoms with van der Waals surface area (Å²) in [6.45, 7) is 3.23. The second-order valence-electron chi connectivity index (χ2n) is 7.13. The molecule has 0 saturated carbocycles. The Morgan fingerprint density at radius 3 is 2.69 bits per heavy atom. The largest absolute Gasteiger partial charge is 0.494 e. The Balaban J connectivity index is 1.39. The standard InChI is InChI=1S/C22H24N4O3/c1-3-29-17-10-8-16(9-11-17)26-14-15(12-21(26)27)22(28)23-13-20-24-18-6-4-5-7-19(18)25(20)2/h4-11,15H,3,12-14H2,1-2H3,(H,23,28)/t15-/m0/s1. The van der Waals surface area contributed by atoms with Crippen LogP contribution in [-0.2, 0) is 23.2 Å². The molecule has 0 unspecified atom stereocenters. The van der Waals surface area contributed by atoms with Gasteiger partial charge >= 0.3 is 0 Å². The monoisotopic (exact) mass is 392 g/mol. The molecule has 7 nitrogen and oxygen atoms in total. The first kappa shape index (κ1) is 19.0. The fourth-order valence-corrected chi connectivity index (χ4v) is 3.69. The maximum atomic E-state index is 12.7. The maximum absolute atomic E-state index is 12.7. The number of ether oxygens (including phenoxy) is 1. The molecule has 1 fully saturated rings. The minimum Gasteiger partial charge on any atom is -0.494 e. The highest BCUT2D eigenvalue weighted by atomic mass is 16.5. The van der Waals surface area contributed by atoms with Crippen LogP contribution in [0.3, 0.4) is 0 Å². The van der Waals surface area contributed by atoms with Gasteiger partial charge in [-0.2, -0.15) is 0 Å². The van der Waals surface area contributed by atoms with E-state index in [4.69, 9.17) is 4.74 Å². The number of aromatic nitrogens is 2. The van der Waals surface area contributed by atoms with E-state index in [0.29, 0.717) is 19.7 Å². The molecule has 1 N–H and O–H groups in total. The van der Waals surface area contributed by atoms with Crippen LogP contribution >= 0.6 is 0 Å². The molecule has 1 saturated heterocycles. The van der Waals surface area contributed by atoms with Gasteiger partial charge in [0.25, 0.3) is 0 Å². The average Bonchev–Trinajstić information content (AvgIpc) is 3.27. The number of para-hydroxylation sites is 2. The summed E-state index contributed by atoms with van der Waals surface area (Å²) in [6, 6.07) is 15.2. The van der Waals surface area contributed by atoms with Crippen molar-refractivity contribution >= 4 is 28.5 Å². The Kier molecular flexibility index (Phi) is 5.20. The minimum absolute atomic E-state index is 0.0444. The second-order valence-corrected chi connectivity index (χ2v) is 7.13. The van der Waals surface area contributed by atoms with Crippen LogP contribution in [0.4, 0.5) is 5.69 Å². The molecule has 150 valence electrons. The third-order valence-corrected chi connectivity index (χ3v) is 5.26. The zero-order valence-electron chi connectivity index (χ0n) is 16.6. The molecule has 0 spiro atoms. The third kappa shape index (κ3) is 3.81. The SMILES string of the molecule is CCOc1ccc(N2C[C@@H](C(=O)NCc3nc4ccccc4n3C)CC2=O)cc1. The van der Waals surface area contributed by atoms with E-state index >= 15 is 0 Å². The minimum atomic E-state index is -0.372. The van der Waals surface area contributed by atoms with Gasteiger partial charge in [0.05, 0.1) is 30.1 Å². The lowest BCUT2D eigenvalue weighted by atomic mass is 10.1. The molecule has 0 radical (unpaired) electrons. The Morgan fingerprint density at radius 2 is 1.97 bits per heavy atom. The summed E-state index contributed by atoms with van der Waals surface area (Å²) >= 11 is 0. The van der Waals surface area contributed by atoms with Crippen molar-refractivity contribution in [3.05, 3.63) is 54.4 Å². The van der Waals surface area contributed by atoms with E-state index in [-0.39, 0.29) is 24.2 Å². The molecule has 1 aliphatic rings. The van der Waals surface area contributed by atoms with Gasteiger partial charge in [0.1, 0.15) is 11.6 Å². The normalized spacial score (nSPS) is 16.4. The van der Waals surface area contributed by atoms with Crippen molar-refractivity contribution in [2.24, 2.45) is 13.0 Å². The van der Waals surface area contributed by atoms with Crippen molar-refractivity contribution in [1.82, 2.24) is 14.9 Å². The van der Waals surface area contributed by atoms with Crippen LogP contribution in [0.2, 0.25) is 0 Å². The van der Waals surface area contributed by atoms with Crippen molar-refractivity contribution in [3.63, 3.8) is 0 Å². The number of nitrogens with zero attached hydrogens (tertiary/aromatic N) is 3. The number of fused-ring (bicyclic) bond motifs is 1. The first-order valence-electron chi connectivity index (χ1n) is 9.78. The van der Waals surface area contributed by atoms with Crippen molar-refractivity contribution in [1.29, 1.82) is 0 Å². The Labute approximate surface area is 169 Å². The number of aryl methyl sites for hydroxylation is 1. The number of hydrogen-bond acceptors (Lipinski definition) is 4. The van der Waals surface area contributed by atoms with Crippen LogP contribution in [0.25, 0.3) is 11.0 Å². The highest BCUT2D eigenvalue weighted by molar-refractivity contribution is 6.00. The number of nitrogens with one attached hydrogen (secondary N) is 1. The molecule has 2 amide bonds. The number of imidazole rings is 1. The number of anilines is 1. The zero-order chi connectivity index (χ0) is 20.4. The molecular weight excluding hydrogens is 368 g/mol. The maximum Gasteiger partial charge on any atom is 0.227 e. The molecule has 2 heterocycles. The lowest BCUT2D eigenvalue weighted by molar-refractivity contribution is -0.126. The summed E-state index contributed by atoms with van der Waals surface area (Å²) in [5.41, 5.74) is 2.70. The fraction of sp³-hybridized carbons (Fsp3) is 0.318. The van der Waals surface area contributed by atoms with Gasteiger partial charge in [0.15, 0.2) is 0 Å². The molecule has 3 aromatic rings. The van der Waals surface area contributed by atoms with E-state index in [1.54, 1.807) is 4.90 Å². The van der Waals surface area contributed by atoms with E-state index in [9.17, 15) is 9.59 Å². The van der Waals surface area contributed by atoms with Crippen LogP contribution in [0.1, 0.15) is 19.2 Å². The van der Waals surface area contributed by atoms with Gasteiger partial charge < -0.3 is 19.5 Å². The summed E-state index contributed by atoms with van der Waals surface area (Å²) in [7, 11) is 1.93. The summed E-state index contributed by atoms with van der Waals surface area (Å²) in [6.07, 6.45) is 0.210. The van der Waals surface area contributed by atoms with Crippen LogP contribution in [0.15, 0.2) is 48.5 Å². The smallest absolute Gasteiger partial charge is 0.227 e. The Morgan fingerprint density at radius 1 is 1.21 bits per heavy atom. The molecule has 1 atom stereocenters. The van der Waals surface area contributed by atoms with E-state index in [1.807, 2.05) is 67.1 Å². The van der Waals surface area contributed by atoms with E-state index in [1.165, 1.54) is 0 Å². The molecular formula is C22H24N4O3. The summed E-state index contributed by atoms with van der Waals surface area (Å²) < 4.78 is 7.41. The molecule has 2 aromatic carbocycles. The van der Waals surface area contributed by atoms with Crippen LogP contribution < -0.4 is 15.0 Å². The number of hydrogen-bond donors (Lipinski definition) is 1. The van der Waals surface area contributed by atoms with Crippen molar-refractivity contribution in [2.75, 3.05) is 18.1 Å². The number of rotatable bonds is 6. The van der Waals surface area contributed by atoms with Crippen molar-refractivity contribution in [3.8, 4) is 5.75 Å². The third-order valence-electron chi connectivity index (χ3n) is 5.26. The number of benzene rings is 2. The van der Waals surface area contributed by atoms with Gasteiger partial charge in [-0.1, -0.05) is 12.1 Å². The summed E-state index contributed by atoms with van der Waals surface area (Å²) in [5, 5.41) is 2.94. The molecule has 29 heavy (non-hydrogen) atoms. The zero-order valence-corrected chi connectivity index (χ0v) is 16.6. The van der Waals surface area contributed by atoms with Gasteiger partial charge in [-0.25, -0.2) is 4.98 Å². The number of amides is 2. The first-order valence-corrected chi connectivity index (χ1v) is 9.78. The Bertz CT molecular complexity index is 1040. The molecule has 1 aliphatic heterocycles. The molecule has 1 aromatic heterocycles. The van der Waals surface area contributed by atoms with Crippen LogP contribution in [0.5, 0.6) is 5.75 Å². The quantitative estimate of drug-likeness (QED) is 0.700. The molecule has 4 rings (SSSR count). The number of carbonyl (C=O) groups excluding carboxylic acids is 2. The lowest BCUT2D eigenvalue weighted by Crippen LogP contribution is -2.33. The summed E-state index contributed by atoms with van der Waals surface area (Å²) in [5.74, 6) is 1.01. The van der Waals surface area contributed by atoms with Gasteiger partial charge in [0, 0.05) is 25.7 Å². The highest BCUT2D eigenvalue weighted by Gasteiger charge is 2.35. The Hall–Kier alpha value is -3.35. The van der Waals surface area contributed by atoms with Crippen molar-refractivity contribution < 1.29 is 14.3 Å². The van der Waals surface area contributed by atoms with Gasteiger partial charge in [-0.05, 0) is 43.3 Å². The number of carbonyl (C=O) groups is 2. The van der Waals surface area contributed by atoms with E-state index < -0.39 is 0 Å². The predicted octanol–water partition coefficient (Wildman–Crippen LogP) is 2.64. The van der Waals surface area contributed by atoms with Crippen molar-refractivity contribution in [2.45, 2.75) is 19.9 Å². The predicted molar refractivity (Wildman–Crippen MR) is 111 cm³/mol. The van der Waals surface area contributed by atoms with Gasteiger partial charge in [-0.3, -0.25) is 9.59 Å². The fourth-order valence-electron chi connectivity index (χ4n) is 3.69. The topological polar surface area (TPSA) is 76.5 Å². The molecule has 0 aliphatic carbocycles. The lowest BCUT2D eigenvalue weighted by Gasteiger charge is -2.17. The molecule has 7 heteroatoms. The van der Waals surface area contributed by atoms with Gasteiger partial charge in [0.2, 0.25) is 11.8 Å². The van der Waals surface area contributed by atoms with Crippen LogP contribution in [0, 0.1) is 5.92 Å². The van der Waals surface area contributed by atoms with E-state index in [2.05, 4.69) is 10.3 Å². The van der Waals surface area contributed by atoms with E-state index in [0.717, 1.165) is 28.3 Å².